The number of nitrogens with one attached hydrogen (secondary N) is 1. The molecule has 0 saturated carbocycles. The van der Waals surface area contributed by atoms with Gasteiger partial charge in [-0.15, -0.1) is 0 Å². The highest BCUT2D eigenvalue weighted by Gasteiger charge is 2.28. The summed E-state index contributed by atoms with van der Waals surface area (Å²) in [5.41, 5.74) is 3.12. The van der Waals surface area contributed by atoms with Crippen LogP contribution >= 0.6 is 0 Å². The van der Waals surface area contributed by atoms with Gasteiger partial charge in [-0.25, -0.2) is 13.4 Å². The third-order valence-electron chi connectivity index (χ3n) is 4.59. The summed E-state index contributed by atoms with van der Waals surface area (Å²) in [7, 11) is -3.18. The fourth-order valence-electron chi connectivity index (χ4n) is 3.24. The number of benzene rings is 2. The van der Waals surface area contributed by atoms with Crippen molar-refractivity contribution in [2.45, 2.75) is 13.0 Å². The van der Waals surface area contributed by atoms with Gasteiger partial charge >= 0.3 is 0 Å². The number of nitriles is 1. The molecular weight excluding hydrogens is 360 g/mol. The summed E-state index contributed by atoms with van der Waals surface area (Å²) >= 11 is 0. The molecule has 0 amide bonds. The SMILES string of the molecule is N#Cc1ccc2nc(NCc3cccc(N4CCCS4(=O)=O)c3)ccc2c1. The van der Waals surface area contributed by atoms with Gasteiger partial charge in [0.1, 0.15) is 5.82 Å². The Kier molecular flexibility index (Phi) is 4.42. The van der Waals surface area contributed by atoms with Crippen LogP contribution in [0.4, 0.5) is 11.5 Å². The number of aromatic nitrogens is 1. The van der Waals surface area contributed by atoms with Gasteiger partial charge in [-0.3, -0.25) is 4.31 Å². The van der Waals surface area contributed by atoms with Crippen molar-refractivity contribution in [1.82, 2.24) is 4.98 Å². The van der Waals surface area contributed by atoms with Crippen molar-refractivity contribution in [2.75, 3.05) is 21.9 Å². The van der Waals surface area contributed by atoms with Crippen molar-refractivity contribution in [3.8, 4) is 6.07 Å². The second kappa shape index (κ2) is 6.89. The van der Waals surface area contributed by atoms with Crippen LogP contribution in [0.15, 0.2) is 54.6 Å². The molecule has 0 aliphatic carbocycles. The van der Waals surface area contributed by atoms with Crippen molar-refractivity contribution < 1.29 is 8.42 Å². The Balaban J connectivity index is 1.51. The number of anilines is 2. The lowest BCUT2D eigenvalue weighted by atomic mass is 10.1. The standard InChI is InChI=1S/C20H18N4O2S/c21-13-15-5-7-19-17(11-15)6-8-20(23-19)22-14-16-3-1-4-18(12-16)24-9-2-10-27(24,25)26/h1,3-8,11-12H,2,9-10,14H2,(H,22,23). The van der Waals surface area contributed by atoms with Crippen molar-refractivity contribution in [1.29, 1.82) is 5.26 Å². The van der Waals surface area contributed by atoms with E-state index in [1.54, 1.807) is 6.07 Å². The van der Waals surface area contributed by atoms with Crippen molar-refractivity contribution >= 4 is 32.4 Å². The van der Waals surface area contributed by atoms with Crippen LogP contribution in [-0.4, -0.2) is 25.7 Å². The van der Waals surface area contributed by atoms with E-state index in [0.29, 0.717) is 30.8 Å². The second-order valence-electron chi connectivity index (χ2n) is 6.48. The molecule has 0 bridgehead atoms. The summed E-state index contributed by atoms with van der Waals surface area (Å²) < 4.78 is 25.7. The van der Waals surface area contributed by atoms with Crippen LogP contribution in [0.1, 0.15) is 17.5 Å². The number of nitrogens with zero attached hydrogens (tertiary/aromatic N) is 3. The third kappa shape index (κ3) is 3.57. The van der Waals surface area contributed by atoms with E-state index in [4.69, 9.17) is 5.26 Å². The lowest BCUT2D eigenvalue weighted by molar-refractivity contribution is 0.599. The molecule has 1 aliphatic rings. The molecule has 1 aromatic heterocycles. The minimum absolute atomic E-state index is 0.212. The van der Waals surface area contributed by atoms with Crippen molar-refractivity contribution in [2.24, 2.45) is 0 Å². The Morgan fingerprint density at radius 3 is 2.81 bits per heavy atom. The molecule has 1 N–H and O–H groups in total. The first-order valence-electron chi connectivity index (χ1n) is 8.69. The van der Waals surface area contributed by atoms with Crippen LogP contribution in [0.2, 0.25) is 0 Å². The molecule has 0 unspecified atom stereocenters. The normalized spacial score (nSPS) is 15.6. The first-order chi connectivity index (χ1) is 13.0. The second-order valence-corrected chi connectivity index (χ2v) is 8.49. The Morgan fingerprint density at radius 2 is 2.04 bits per heavy atom. The zero-order chi connectivity index (χ0) is 18.9. The maximum atomic E-state index is 12.1. The predicted octanol–water partition coefficient (Wildman–Crippen LogP) is 3.26. The molecule has 0 radical (unpaired) electrons. The molecule has 136 valence electrons. The Labute approximate surface area is 158 Å². The summed E-state index contributed by atoms with van der Waals surface area (Å²) in [4.78, 5) is 4.56. The molecule has 0 spiro atoms. The molecule has 2 heterocycles. The molecule has 4 rings (SSSR count). The summed E-state index contributed by atoms with van der Waals surface area (Å²) in [6.07, 6.45) is 0.666. The first-order valence-corrected chi connectivity index (χ1v) is 10.3. The van der Waals surface area contributed by atoms with E-state index in [1.165, 1.54) is 4.31 Å². The minimum Gasteiger partial charge on any atom is -0.366 e. The van der Waals surface area contributed by atoms with Crippen molar-refractivity contribution in [3.63, 3.8) is 0 Å². The summed E-state index contributed by atoms with van der Waals surface area (Å²) in [5.74, 6) is 0.940. The number of rotatable bonds is 4. The van der Waals surface area contributed by atoms with Gasteiger partial charge in [-0.2, -0.15) is 5.26 Å². The Hall–Kier alpha value is -3.11. The number of hydrogen-bond donors (Lipinski definition) is 1. The average Bonchev–Trinajstić information content (AvgIpc) is 3.05. The molecular formula is C20H18N4O2S. The van der Waals surface area contributed by atoms with E-state index in [1.807, 2.05) is 48.5 Å². The zero-order valence-corrected chi connectivity index (χ0v) is 15.4. The fraction of sp³-hybridized carbons (Fsp3) is 0.200. The predicted molar refractivity (Wildman–Crippen MR) is 106 cm³/mol. The van der Waals surface area contributed by atoms with Crippen LogP contribution < -0.4 is 9.62 Å². The van der Waals surface area contributed by atoms with Crippen LogP contribution in [0, 0.1) is 11.3 Å². The first kappa shape index (κ1) is 17.3. The molecule has 0 atom stereocenters. The Morgan fingerprint density at radius 1 is 1.15 bits per heavy atom. The smallest absolute Gasteiger partial charge is 0.235 e. The molecule has 3 aromatic rings. The minimum atomic E-state index is -3.18. The third-order valence-corrected chi connectivity index (χ3v) is 6.46. The van der Waals surface area contributed by atoms with Gasteiger partial charge in [-0.1, -0.05) is 12.1 Å². The number of pyridine rings is 1. The summed E-state index contributed by atoms with van der Waals surface area (Å²) in [5, 5.41) is 13.2. The largest absolute Gasteiger partial charge is 0.366 e. The molecule has 1 saturated heterocycles. The van der Waals surface area contributed by atoms with Crippen LogP contribution in [-0.2, 0) is 16.6 Å². The van der Waals surface area contributed by atoms with E-state index in [2.05, 4.69) is 16.4 Å². The summed E-state index contributed by atoms with van der Waals surface area (Å²) in [6.45, 7) is 1.08. The zero-order valence-electron chi connectivity index (χ0n) is 14.6. The van der Waals surface area contributed by atoms with Crippen LogP contribution in [0.5, 0.6) is 0 Å². The van der Waals surface area contributed by atoms with E-state index in [-0.39, 0.29) is 5.75 Å². The van der Waals surface area contributed by atoms with Gasteiger partial charge in [0.2, 0.25) is 10.0 Å². The number of hydrogen-bond acceptors (Lipinski definition) is 5. The van der Waals surface area contributed by atoms with E-state index < -0.39 is 10.0 Å². The maximum Gasteiger partial charge on any atom is 0.235 e. The van der Waals surface area contributed by atoms with Gasteiger partial charge < -0.3 is 5.32 Å². The quantitative estimate of drug-likeness (QED) is 0.753. The van der Waals surface area contributed by atoms with E-state index in [0.717, 1.165) is 22.3 Å². The molecule has 6 nitrogen and oxygen atoms in total. The highest BCUT2D eigenvalue weighted by molar-refractivity contribution is 7.93. The van der Waals surface area contributed by atoms with Crippen LogP contribution in [0.25, 0.3) is 10.9 Å². The van der Waals surface area contributed by atoms with Gasteiger partial charge in [0.25, 0.3) is 0 Å². The van der Waals surface area contributed by atoms with Gasteiger partial charge in [0.15, 0.2) is 0 Å². The average molecular weight is 378 g/mol. The molecule has 2 aromatic carbocycles. The number of sulfonamides is 1. The molecule has 1 aliphatic heterocycles. The lowest BCUT2D eigenvalue weighted by Crippen LogP contribution is -2.25. The fourth-order valence-corrected chi connectivity index (χ4v) is 4.79. The molecule has 1 fully saturated rings. The Bertz CT molecular complexity index is 1150. The van der Waals surface area contributed by atoms with Gasteiger partial charge in [0, 0.05) is 18.5 Å². The van der Waals surface area contributed by atoms with Gasteiger partial charge in [0.05, 0.1) is 28.6 Å². The van der Waals surface area contributed by atoms with E-state index >= 15 is 0 Å². The highest BCUT2D eigenvalue weighted by Crippen LogP contribution is 2.25. The van der Waals surface area contributed by atoms with E-state index in [9.17, 15) is 8.42 Å². The highest BCUT2D eigenvalue weighted by atomic mass is 32.2. The van der Waals surface area contributed by atoms with Crippen molar-refractivity contribution in [3.05, 3.63) is 65.7 Å². The summed E-state index contributed by atoms with van der Waals surface area (Å²) in [6, 6.07) is 18.9. The molecule has 7 heteroatoms. The monoisotopic (exact) mass is 378 g/mol. The molecule has 27 heavy (non-hydrogen) atoms. The number of fused-ring (bicyclic) bond motifs is 1. The maximum absolute atomic E-state index is 12.1. The van der Waals surface area contributed by atoms with Crippen LogP contribution in [0.3, 0.4) is 0 Å². The van der Waals surface area contributed by atoms with Gasteiger partial charge in [-0.05, 0) is 54.4 Å². The topological polar surface area (TPSA) is 86.1 Å². The lowest BCUT2D eigenvalue weighted by Gasteiger charge is -2.17.